The largest absolute Gasteiger partial charge is 0.481 e. The molecule has 2 atom stereocenters. The quantitative estimate of drug-likeness (QED) is 0.884. The first-order valence-corrected chi connectivity index (χ1v) is 9.24. The van der Waals surface area contributed by atoms with Gasteiger partial charge in [0, 0.05) is 68.5 Å². The highest BCUT2D eigenvalue weighted by atomic mass is 32.1. The number of carboxylic acid groups (broad SMARTS) is 1. The number of thiophene rings is 1. The van der Waals surface area contributed by atoms with Crippen molar-refractivity contribution < 1.29 is 14.7 Å². The monoisotopic (exact) mass is 351 g/mol. The zero-order valence-electron chi connectivity index (χ0n) is 14.3. The average molecular weight is 351 g/mol. The Kier molecular flexibility index (Phi) is 5.22. The molecular formula is C17H25N3O3S. The van der Waals surface area contributed by atoms with E-state index in [9.17, 15) is 14.7 Å². The van der Waals surface area contributed by atoms with Crippen LogP contribution in [0.1, 0.15) is 16.7 Å². The smallest absolute Gasteiger partial charge is 0.309 e. The summed E-state index contributed by atoms with van der Waals surface area (Å²) in [5.74, 6) is -1.34. The predicted octanol–water partition coefficient (Wildman–Crippen LogP) is 1.11. The minimum atomic E-state index is -0.807. The second kappa shape index (κ2) is 7.21. The number of rotatable bonds is 3. The van der Waals surface area contributed by atoms with Crippen LogP contribution in [-0.2, 0) is 16.1 Å². The maximum absolute atomic E-state index is 11.9. The fraction of sp³-hybridized carbons (Fsp3) is 0.647. The first kappa shape index (κ1) is 17.4. The van der Waals surface area contributed by atoms with Crippen molar-refractivity contribution in [1.29, 1.82) is 0 Å². The van der Waals surface area contributed by atoms with E-state index in [4.69, 9.17) is 0 Å². The lowest BCUT2D eigenvalue weighted by molar-refractivity contribution is -0.143. The Morgan fingerprint density at radius 1 is 1.21 bits per heavy atom. The van der Waals surface area contributed by atoms with Crippen molar-refractivity contribution in [3.63, 3.8) is 0 Å². The molecule has 1 amide bonds. The number of aliphatic carboxylic acids is 1. The van der Waals surface area contributed by atoms with E-state index in [1.165, 1.54) is 16.7 Å². The van der Waals surface area contributed by atoms with Gasteiger partial charge in [-0.05, 0) is 19.1 Å². The maximum atomic E-state index is 11.9. The highest BCUT2D eigenvalue weighted by Gasteiger charge is 2.37. The van der Waals surface area contributed by atoms with Crippen LogP contribution >= 0.6 is 11.3 Å². The summed E-state index contributed by atoms with van der Waals surface area (Å²) in [4.78, 5) is 32.4. The Morgan fingerprint density at radius 3 is 2.62 bits per heavy atom. The van der Waals surface area contributed by atoms with Crippen LogP contribution in [-0.4, -0.2) is 77.0 Å². The summed E-state index contributed by atoms with van der Waals surface area (Å²) >= 11 is 1.83. The molecule has 24 heavy (non-hydrogen) atoms. The standard InChI is InChI=1S/C17H25N3O3S/c1-12-3-4-16(24-12)11-18-5-6-19-7-14(17(22)23)8-20(13(2)21)10-15(19)9-18/h3-4,14-15H,5-11H2,1-2H3,(H,22,23). The van der Waals surface area contributed by atoms with Crippen molar-refractivity contribution in [2.24, 2.45) is 5.92 Å². The van der Waals surface area contributed by atoms with Crippen LogP contribution in [0.5, 0.6) is 0 Å². The molecule has 0 saturated carbocycles. The Hall–Kier alpha value is -1.44. The molecule has 3 heterocycles. The summed E-state index contributed by atoms with van der Waals surface area (Å²) in [5, 5.41) is 9.43. The maximum Gasteiger partial charge on any atom is 0.309 e. The molecule has 0 bridgehead atoms. The molecule has 1 aromatic heterocycles. The molecule has 6 nitrogen and oxygen atoms in total. The second-order valence-electron chi connectivity index (χ2n) is 6.86. The Morgan fingerprint density at radius 2 is 2.00 bits per heavy atom. The Labute approximate surface area is 146 Å². The molecule has 2 fully saturated rings. The number of amides is 1. The number of piperazine rings is 1. The fourth-order valence-corrected chi connectivity index (χ4v) is 4.59. The summed E-state index contributed by atoms with van der Waals surface area (Å²) in [5.41, 5.74) is 0. The van der Waals surface area contributed by atoms with E-state index in [0.717, 1.165) is 26.2 Å². The van der Waals surface area contributed by atoms with Crippen LogP contribution in [0.15, 0.2) is 12.1 Å². The molecule has 7 heteroatoms. The van der Waals surface area contributed by atoms with Gasteiger partial charge in [0.15, 0.2) is 0 Å². The molecule has 2 aliphatic rings. The summed E-state index contributed by atoms with van der Waals surface area (Å²) in [6.45, 7) is 8.76. The number of carbonyl (C=O) groups excluding carboxylic acids is 1. The molecule has 0 radical (unpaired) electrons. The molecule has 3 rings (SSSR count). The lowest BCUT2D eigenvalue weighted by Crippen LogP contribution is -2.55. The van der Waals surface area contributed by atoms with Gasteiger partial charge in [0.1, 0.15) is 0 Å². The number of aryl methyl sites for hydroxylation is 1. The van der Waals surface area contributed by atoms with Crippen LogP contribution in [0.25, 0.3) is 0 Å². The highest BCUT2D eigenvalue weighted by Crippen LogP contribution is 2.22. The van der Waals surface area contributed by atoms with E-state index < -0.39 is 11.9 Å². The Balaban J connectivity index is 1.69. The van der Waals surface area contributed by atoms with Crippen LogP contribution in [0.2, 0.25) is 0 Å². The van der Waals surface area contributed by atoms with Gasteiger partial charge in [-0.25, -0.2) is 0 Å². The normalized spacial score (nSPS) is 26.0. The predicted molar refractivity (Wildman–Crippen MR) is 93.1 cm³/mol. The number of hydrogen-bond donors (Lipinski definition) is 1. The lowest BCUT2D eigenvalue weighted by Gasteiger charge is -2.41. The zero-order chi connectivity index (χ0) is 17.3. The van der Waals surface area contributed by atoms with E-state index >= 15 is 0 Å². The number of carbonyl (C=O) groups is 2. The second-order valence-corrected chi connectivity index (χ2v) is 8.23. The topological polar surface area (TPSA) is 64.1 Å². The third-order valence-electron chi connectivity index (χ3n) is 4.99. The van der Waals surface area contributed by atoms with E-state index in [0.29, 0.717) is 19.6 Å². The van der Waals surface area contributed by atoms with E-state index in [1.54, 1.807) is 4.90 Å². The van der Waals surface area contributed by atoms with Gasteiger partial charge in [-0.15, -0.1) is 11.3 Å². The van der Waals surface area contributed by atoms with Gasteiger partial charge in [-0.2, -0.15) is 0 Å². The van der Waals surface area contributed by atoms with Crippen LogP contribution < -0.4 is 0 Å². The number of carboxylic acids is 1. The minimum absolute atomic E-state index is 0.0332. The molecule has 0 aliphatic carbocycles. The van der Waals surface area contributed by atoms with E-state index in [1.807, 2.05) is 11.3 Å². The summed E-state index contributed by atoms with van der Waals surface area (Å²) in [6.07, 6.45) is 0. The van der Waals surface area contributed by atoms with Crippen molar-refractivity contribution in [2.45, 2.75) is 26.4 Å². The fourth-order valence-electron chi connectivity index (χ4n) is 3.65. The van der Waals surface area contributed by atoms with Crippen molar-refractivity contribution >= 4 is 23.2 Å². The van der Waals surface area contributed by atoms with Gasteiger partial charge in [-0.1, -0.05) is 0 Å². The molecular weight excluding hydrogens is 326 g/mol. The van der Waals surface area contributed by atoms with Gasteiger partial charge >= 0.3 is 5.97 Å². The van der Waals surface area contributed by atoms with Crippen molar-refractivity contribution in [3.8, 4) is 0 Å². The first-order valence-electron chi connectivity index (χ1n) is 8.42. The molecule has 0 aromatic carbocycles. The van der Waals surface area contributed by atoms with E-state index in [2.05, 4.69) is 28.9 Å². The van der Waals surface area contributed by atoms with Crippen molar-refractivity contribution in [3.05, 3.63) is 21.9 Å². The van der Waals surface area contributed by atoms with Crippen LogP contribution in [0, 0.1) is 12.8 Å². The minimum Gasteiger partial charge on any atom is -0.481 e. The lowest BCUT2D eigenvalue weighted by atomic mass is 10.1. The van der Waals surface area contributed by atoms with Crippen LogP contribution in [0.4, 0.5) is 0 Å². The molecule has 2 unspecified atom stereocenters. The molecule has 0 spiro atoms. The molecule has 1 N–H and O–H groups in total. The third kappa shape index (κ3) is 3.96. The van der Waals surface area contributed by atoms with Gasteiger partial charge in [0.05, 0.1) is 5.92 Å². The van der Waals surface area contributed by atoms with Crippen molar-refractivity contribution in [1.82, 2.24) is 14.7 Å². The molecule has 2 saturated heterocycles. The molecule has 132 valence electrons. The van der Waals surface area contributed by atoms with E-state index in [-0.39, 0.29) is 11.9 Å². The SMILES string of the molecule is CC(=O)N1CC(C(=O)O)CN2CCN(Cc3ccc(C)s3)CC2C1. The summed E-state index contributed by atoms with van der Waals surface area (Å²) in [6, 6.07) is 4.55. The van der Waals surface area contributed by atoms with Gasteiger partial charge in [0.25, 0.3) is 0 Å². The molecule has 2 aliphatic heterocycles. The number of nitrogens with zero attached hydrogens (tertiary/aromatic N) is 3. The van der Waals surface area contributed by atoms with Gasteiger partial charge in [-0.3, -0.25) is 19.4 Å². The van der Waals surface area contributed by atoms with Gasteiger partial charge in [0.2, 0.25) is 5.91 Å². The van der Waals surface area contributed by atoms with Crippen molar-refractivity contribution in [2.75, 3.05) is 39.3 Å². The summed E-state index contributed by atoms with van der Waals surface area (Å²) < 4.78 is 0. The molecule has 1 aromatic rings. The number of fused-ring (bicyclic) bond motifs is 1. The van der Waals surface area contributed by atoms with Crippen LogP contribution in [0.3, 0.4) is 0 Å². The van der Waals surface area contributed by atoms with Gasteiger partial charge < -0.3 is 10.0 Å². The summed E-state index contributed by atoms with van der Waals surface area (Å²) in [7, 11) is 0. The zero-order valence-corrected chi connectivity index (χ0v) is 15.1. The average Bonchev–Trinajstić information content (AvgIpc) is 2.82. The number of hydrogen-bond acceptors (Lipinski definition) is 5. The third-order valence-corrected chi connectivity index (χ3v) is 5.97. The first-order chi connectivity index (χ1) is 11.4. The Bertz CT molecular complexity index is 618. The highest BCUT2D eigenvalue weighted by molar-refractivity contribution is 7.11.